The van der Waals surface area contributed by atoms with Crippen LogP contribution >= 0.6 is 0 Å². The molecule has 2 aromatic rings. The molecule has 144 valence electrons. The van der Waals surface area contributed by atoms with Gasteiger partial charge in [0.25, 0.3) is 11.8 Å². The predicted octanol–water partition coefficient (Wildman–Crippen LogP) is 0.573. The van der Waals surface area contributed by atoms with Gasteiger partial charge >= 0.3 is 0 Å². The molecule has 1 aliphatic rings. The number of hydrogen-bond acceptors (Lipinski definition) is 6. The molecule has 2 heterocycles. The van der Waals surface area contributed by atoms with E-state index in [0.717, 1.165) is 26.2 Å². The highest BCUT2D eigenvalue weighted by atomic mass is 16.5. The molecular formula is C18H24N6O3. The maximum absolute atomic E-state index is 12.4. The molecule has 0 spiro atoms. The highest BCUT2D eigenvalue weighted by molar-refractivity contribution is 6.06. The standard InChI is InChI=1S/C18H24N6O3/c1-22-8-10-24(11-9-22)20-16(25)13-4-6-14(7-5-13)19-17(26)15-12-23(2)21-18(15)27-3/h4-7,12H,8-11H2,1-3H3,(H,19,26)(H,20,25). The summed E-state index contributed by atoms with van der Waals surface area (Å²) >= 11 is 0. The summed E-state index contributed by atoms with van der Waals surface area (Å²) in [5, 5.41) is 8.76. The van der Waals surface area contributed by atoms with Crippen LogP contribution in [0.4, 0.5) is 5.69 Å². The largest absolute Gasteiger partial charge is 0.479 e. The van der Waals surface area contributed by atoms with E-state index in [1.54, 1.807) is 37.5 Å². The predicted molar refractivity (Wildman–Crippen MR) is 101 cm³/mol. The van der Waals surface area contributed by atoms with Gasteiger partial charge in [-0.25, -0.2) is 5.01 Å². The van der Waals surface area contributed by atoms with E-state index < -0.39 is 0 Å². The van der Waals surface area contributed by atoms with E-state index in [4.69, 9.17) is 4.74 Å². The van der Waals surface area contributed by atoms with Crippen molar-refractivity contribution in [1.29, 1.82) is 0 Å². The third-order valence-corrected chi connectivity index (χ3v) is 4.40. The molecule has 2 N–H and O–H groups in total. The lowest BCUT2D eigenvalue weighted by atomic mass is 10.2. The normalized spacial score (nSPS) is 15.4. The molecule has 1 fully saturated rings. The lowest BCUT2D eigenvalue weighted by Gasteiger charge is -2.32. The highest BCUT2D eigenvalue weighted by Crippen LogP contribution is 2.17. The van der Waals surface area contributed by atoms with Gasteiger partial charge < -0.3 is 15.0 Å². The summed E-state index contributed by atoms with van der Waals surface area (Å²) < 4.78 is 6.61. The molecular weight excluding hydrogens is 348 g/mol. The number of anilines is 1. The minimum atomic E-state index is -0.324. The Balaban J connectivity index is 1.59. The molecule has 1 aliphatic heterocycles. The van der Waals surface area contributed by atoms with E-state index in [1.165, 1.54) is 11.8 Å². The molecule has 1 aromatic carbocycles. The first kappa shape index (κ1) is 18.9. The van der Waals surface area contributed by atoms with Gasteiger partial charge in [0.1, 0.15) is 5.56 Å². The van der Waals surface area contributed by atoms with Gasteiger partial charge in [-0.3, -0.25) is 19.7 Å². The molecule has 0 radical (unpaired) electrons. The minimum absolute atomic E-state index is 0.161. The second-order valence-corrected chi connectivity index (χ2v) is 6.49. The van der Waals surface area contributed by atoms with E-state index in [-0.39, 0.29) is 17.7 Å². The van der Waals surface area contributed by atoms with Crippen LogP contribution in [-0.2, 0) is 7.05 Å². The Bertz CT molecular complexity index is 809. The lowest BCUT2D eigenvalue weighted by molar-refractivity contribution is 0.0662. The minimum Gasteiger partial charge on any atom is -0.479 e. The first-order valence-electron chi connectivity index (χ1n) is 8.70. The molecule has 0 saturated carbocycles. The number of carbonyl (C=O) groups excluding carboxylic acids is 2. The van der Waals surface area contributed by atoms with Gasteiger partial charge in [-0.1, -0.05) is 0 Å². The number of nitrogens with one attached hydrogen (secondary N) is 2. The third-order valence-electron chi connectivity index (χ3n) is 4.40. The van der Waals surface area contributed by atoms with Gasteiger partial charge in [0.2, 0.25) is 5.88 Å². The summed E-state index contributed by atoms with van der Waals surface area (Å²) in [5.74, 6) is -0.223. The van der Waals surface area contributed by atoms with Crippen molar-refractivity contribution in [3.8, 4) is 5.88 Å². The molecule has 0 unspecified atom stereocenters. The highest BCUT2D eigenvalue weighted by Gasteiger charge is 2.18. The van der Waals surface area contributed by atoms with Crippen LogP contribution < -0.4 is 15.5 Å². The molecule has 3 rings (SSSR count). The molecule has 9 heteroatoms. The number of piperazine rings is 1. The fourth-order valence-electron chi connectivity index (χ4n) is 2.80. The number of rotatable bonds is 5. The van der Waals surface area contributed by atoms with E-state index in [1.807, 2.05) is 5.01 Å². The number of hydrazine groups is 1. The van der Waals surface area contributed by atoms with Crippen LogP contribution in [0.3, 0.4) is 0 Å². The fraction of sp³-hybridized carbons (Fsp3) is 0.389. The van der Waals surface area contributed by atoms with Crippen molar-refractivity contribution in [2.45, 2.75) is 0 Å². The quantitative estimate of drug-likeness (QED) is 0.798. The summed E-state index contributed by atoms with van der Waals surface area (Å²) in [7, 11) is 5.24. The summed E-state index contributed by atoms with van der Waals surface area (Å²) in [4.78, 5) is 27.0. The second-order valence-electron chi connectivity index (χ2n) is 6.49. The van der Waals surface area contributed by atoms with Gasteiger partial charge in [-0.15, -0.1) is 5.10 Å². The molecule has 0 aliphatic carbocycles. The van der Waals surface area contributed by atoms with Crippen molar-refractivity contribution in [3.05, 3.63) is 41.6 Å². The van der Waals surface area contributed by atoms with Crippen LogP contribution in [0.5, 0.6) is 5.88 Å². The number of hydrogen-bond donors (Lipinski definition) is 2. The number of carbonyl (C=O) groups is 2. The van der Waals surface area contributed by atoms with Gasteiger partial charge in [-0.05, 0) is 31.3 Å². The van der Waals surface area contributed by atoms with Crippen LogP contribution in [0.1, 0.15) is 20.7 Å². The Morgan fingerprint density at radius 3 is 2.33 bits per heavy atom. The third kappa shape index (κ3) is 4.63. The van der Waals surface area contributed by atoms with Crippen molar-refractivity contribution < 1.29 is 14.3 Å². The van der Waals surface area contributed by atoms with E-state index in [9.17, 15) is 9.59 Å². The van der Waals surface area contributed by atoms with Crippen LogP contribution in [0.2, 0.25) is 0 Å². The van der Waals surface area contributed by atoms with Crippen molar-refractivity contribution in [2.24, 2.45) is 7.05 Å². The first-order valence-corrected chi connectivity index (χ1v) is 8.70. The monoisotopic (exact) mass is 372 g/mol. The number of likely N-dealkylation sites (N-methyl/N-ethyl adjacent to an activating group) is 1. The second kappa shape index (κ2) is 8.19. The number of amides is 2. The number of methoxy groups -OCH3 is 1. The summed E-state index contributed by atoms with van der Waals surface area (Å²) in [6.07, 6.45) is 1.59. The van der Waals surface area contributed by atoms with Crippen LogP contribution in [0, 0.1) is 0 Å². The van der Waals surface area contributed by atoms with E-state index in [2.05, 4.69) is 27.8 Å². The van der Waals surface area contributed by atoms with E-state index >= 15 is 0 Å². The Hall–Kier alpha value is -2.91. The number of benzene rings is 1. The molecule has 0 atom stereocenters. The molecule has 2 amide bonds. The number of ether oxygens (including phenoxy) is 1. The lowest BCUT2D eigenvalue weighted by Crippen LogP contribution is -2.52. The Kier molecular flexibility index (Phi) is 5.72. The Morgan fingerprint density at radius 1 is 1.04 bits per heavy atom. The zero-order valence-electron chi connectivity index (χ0n) is 15.7. The van der Waals surface area contributed by atoms with Gasteiger partial charge in [0.15, 0.2) is 0 Å². The summed E-state index contributed by atoms with van der Waals surface area (Å²) in [5.41, 5.74) is 4.38. The fourth-order valence-corrected chi connectivity index (χ4v) is 2.80. The Morgan fingerprint density at radius 2 is 1.70 bits per heavy atom. The summed E-state index contributed by atoms with van der Waals surface area (Å²) in [6, 6.07) is 6.75. The zero-order valence-corrected chi connectivity index (χ0v) is 15.7. The zero-order chi connectivity index (χ0) is 19.4. The Labute approximate surface area is 157 Å². The van der Waals surface area contributed by atoms with Gasteiger partial charge in [0, 0.05) is 50.7 Å². The maximum atomic E-state index is 12.4. The molecule has 1 aromatic heterocycles. The van der Waals surface area contributed by atoms with Crippen molar-refractivity contribution in [1.82, 2.24) is 25.1 Å². The number of nitrogens with zero attached hydrogens (tertiary/aromatic N) is 4. The molecule has 1 saturated heterocycles. The first-order chi connectivity index (χ1) is 13.0. The van der Waals surface area contributed by atoms with Gasteiger partial charge in [-0.2, -0.15) is 0 Å². The number of aromatic nitrogens is 2. The van der Waals surface area contributed by atoms with Crippen molar-refractivity contribution >= 4 is 17.5 Å². The SMILES string of the molecule is COc1nn(C)cc1C(=O)Nc1ccc(C(=O)NN2CCN(C)CC2)cc1. The average Bonchev–Trinajstić information content (AvgIpc) is 3.05. The van der Waals surface area contributed by atoms with Crippen LogP contribution in [0.15, 0.2) is 30.5 Å². The topological polar surface area (TPSA) is 91.7 Å². The summed E-state index contributed by atoms with van der Waals surface area (Å²) in [6.45, 7) is 3.43. The van der Waals surface area contributed by atoms with Crippen LogP contribution in [0.25, 0.3) is 0 Å². The maximum Gasteiger partial charge on any atom is 0.265 e. The molecule has 0 bridgehead atoms. The van der Waals surface area contributed by atoms with Crippen molar-refractivity contribution in [2.75, 3.05) is 45.7 Å². The smallest absolute Gasteiger partial charge is 0.265 e. The average molecular weight is 372 g/mol. The van der Waals surface area contributed by atoms with Crippen LogP contribution in [-0.4, -0.2) is 71.8 Å². The molecule has 27 heavy (non-hydrogen) atoms. The number of aryl methyl sites for hydroxylation is 1. The molecule has 9 nitrogen and oxygen atoms in total. The van der Waals surface area contributed by atoms with E-state index in [0.29, 0.717) is 16.8 Å². The van der Waals surface area contributed by atoms with Gasteiger partial charge in [0.05, 0.1) is 7.11 Å². The van der Waals surface area contributed by atoms with Crippen molar-refractivity contribution in [3.63, 3.8) is 0 Å².